The Morgan fingerprint density at radius 2 is 0.900 bits per heavy atom. The average Bonchev–Trinajstić information content (AvgIpc) is 1.63. The van der Waals surface area contributed by atoms with Crippen molar-refractivity contribution < 1.29 is 106 Å². The van der Waals surface area contributed by atoms with Crippen molar-refractivity contribution in [2.45, 2.75) is 179 Å². The molecule has 3 aromatic rings. The Kier molecular flexibility index (Phi) is 43.1. The molecule has 120 heavy (non-hydrogen) atoms. The van der Waals surface area contributed by atoms with Gasteiger partial charge < -0.3 is 117 Å². The molecule has 0 saturated carbocycles. The van der Waals surface area contributed by atoms with E-state index in [1.165, 1.54) is 45.0 Å². The number of aromatic hydroxyl groups is 1. The van der Waals surface area contributed by atoms with Gasteiger partial charge in [-0.2, -0.15) is 12.6 Å². The Balaban J connectivity index is 1.30. The van der Waals surface area contributed by atoms with Crippen molar-refractivity contribution >= 4 is 125 Å². The fourth-order valence-electron chi connectivity index (χ4n) is 11.9. The van der Waals surface area contributed by atoms with Gasteiger partial charge in [-0.3, -0.25) is 91.1 Å². The zero-order valence-electron chi connectivity index (χ0n) is 68.0. The fourth-order valence-corrected chi connectivity index (χ4v) is 12.1. The van der Waals surface area contributed by atoms with Crippen LogP contribution < -0.4 is 97.0 Å². The lowest BCUT2D eigenvalue weighted by molar-refractivity contribution is -0.144. The Morgan fingerprint density at radius 3 is 1.40 bits per heavy atom. The van der Waals surface area contributed by atoms with Crippen molar-refractivity contribution in [3.8, 4) is 5.75 Å². The molecule has 11 atom stereocenters. The highest BCUT2D eigenvalue weighted by Crippen LogP contribution is 2.21. The third-order valence-corrected chi connectivity index (χ3v) is 18.6. The summed E-state index contributed by atoms with van der Waals surface area (Å²) < 4.78 is 5.07. The second kappa shape index (κ2) is 51.8. The number of rotatable bonds is 51. The zero-order valence-corrected chi connectivity index (χ0v) is 68.9. The van der Waals surface area contributed by atoms with Crippen molar-refractivity contribution in [2.75, 3.05) is 64.7 Å². The lowest BCUT2D eigenvalue weighted by atomic mass is 10.0. The number of ether oxygens (including phenoxy) is 1. The molecule has 1 saturated heterocycles. The first-order chi connectivity index (χ1) is 56.7. The summed E-state index contributed by atoms with van der Waals surface area (Å²) in [5.74, 6) is -18.0. The third kappa shape index (κ3) is 37.1. The maximum absolute atomic E-state index is 14.2. The number of hydrogen-bond donors (Lipinski definition) is 21. The number of carbonyl (C=O) groups is 19. The number of carbonyl (C=O) groups excluding carboxylic acids is 19. The standard InChI is InChI=1S/C78H113N19O22S/c1-42(2)30-52(71(111)88-41-65(108)119-28-15-29-120)93-73(113)54(32-47-18-12-9-13-19-47)90-62(105)38-82-59(102)35-84-72(112)53(33-48-21-23-49(99)24-22-48)89-61(104)37-83-60(103)36-86-76(116)67(44(5)6)95-74(114)56-20-14-27-97(56)78(118)55(34-58(81)101)91-63(106)39-87-75(115)66(43(3)4)94-64(107)40-85-70(110)51(25-26-57(80)100)92-77(117)68(45(7)98)96-69(109)50(79)31-46-16-10-8-11-17-46/h8-13,16-19,21-24,42-45,50-56,66-68,98-99,120H,14-15,20,25-41,79H2,1-7H3,(H2,80,100)(H2,81,101)(H,82,102)(H,83,103)(H,84,112)(H,85,110)(H,86,116)(H,87,115)(H,88,111)(H,89,104)(H,90,105)(H,91,106)(H,92,117)(H,93,113)(H,94,107)(H,95,114)(H,96,109)/t45-,50+,51+,52+,53+,54+,55+,56+,66+,67+,68+/m1/s1. The maximum atomic E-state index is 14.2. The first kappa shape index (κ1) is 100. The van der Waals surface area contributed by atoms with Crippen LogP contribution >= 0.6 is 12.6 Å². The summed E-state index contributed by atoms with van der Waals surface area (Å²) in [5.41, 5.74) is 18.6. The predicted molar refractivity (Wildman–Crippen MR) is 434 cm³/mol. The van der Waals surface area contributed by atoms with Gasteiger partial charge in [0.05, 0.1) is 64.4 Å². The summed E-state index contributed by atoms with van der Waals surface area (Å²) in [6.45, 7) is 5.98. The molecule has 1 aliphatic heterocycles. The fraction of sp³-hybridized carbons (Fsp3) is 0.526. The summed E-state index contributed by atoms with van der Waals surface area (Å²) in [6, 6.07) is 8.98. The van der Waals surface area contributed by atoms with Gasteiger partial charge in [0, 0.05) is 25.8 Å². The molecular weight excluding hydrogens is 1590 g/mol. The van der Waals surface area contributed by atoms with E-state index < -0.39 is 249 Å². The number of aliphatic hydroxyl groups is 1. The van der Waals surface area contributed by atoms with E-state index in [9.17, 15) is 101 Å². The van der Waals surface area contributed by atoms with Crippen molar-refractivity contribution in [1.29, 1.82) is 0 Å². The monoisotopic (exact) mass is 1700 g/mol. The molecule has 3 aromatic carbocycles. The van der Waals surface area contributed by atoms with Crippen LogP contribution in [0.1, 0.15) is 110 Å². The van der Waals surface area contributed by atoms with Crippen LogP contribution in [0.5, 0.6) is 5.75 Å². The van der Waals surface area contributed by atoms with E-state index in [0.29, 0.717) is 28.9 Å². The number of amides is 18. The van der Waals surface area contributed by atoms with Crippen LogP contribution in [-0.4, -0.2) is 259 Å². The number of primary amides is 2. The van der Waals surface area contributed by atoms with E-state index in [4.69, 9.17) is 21.9 Å². The number of aliphatic hydroxyl groups excluding tert-OH is 1. The van der Waals surface area contributed by atoms with Gasteiger partial charge in [-0.25, -0.2) is 0 Å². The molecule has 1 aliphatic rings. The summed E-state index contributed by atoms with van der Waals surface area (Å²) in [6.07, 6.45) is -2.36. The highest BCUT2D eigenvalue weighted by atomic mass is 32.1. The molecule has 23 N–H and O–H groups in total. The minimum atomic E-state index is -1.70. The van der Waals surface area contributed by atoms with Gasteiger partial charge in [-0.05, 0) is 97.8 Å². The number of hydrogen-bond acceptors (Lipinski definition) is 24. The first-order valence-corrected chi connectivity index (χ1v) is 39.6. The quantitative estimate of drug-likeness (QED) is 0.0142. The molecule has 1 fully saturated rings. The van der Waals surface area contributed by atoms with E-state index in [-0.39, 0.29) is 69.8 Å². The largest absolute Gasteiger partial charge is 0.508 e. The van der Waals surface area contributed by atoms with Crippen LogP contribution in [0.15, 0.2) is 84.9 Å². The highest BCUT2D eigenvalue weighted by Gasteiger charge is 2.41. The van der Waals surface area contributed by atoms with Gasteiger partial charge in [0.15, 0.2) is 0 Å². The molecule has 41 nitrogen and oxygen atoms in total. The smallest absolute Gasteiger partial charge is 0.325 e. The van der Waals surface area contributed by atoms with Gasteiger partial charge in [-0.1, -0.05) is 114 Å². The van der Waals surface area contributed by atoms with Gasteiger partial charge >= 0.3 is 5.97 Å². The van der Waals surface area contributed by atoms with Crippen molar-refractivity contribution in [2.24, 2.45) is 35.0 Å². The Labute approximate surface area is 698 Å². The minimum absolute atomic E-state index is 0.0411. The van der Waals surface area contributed by atoms with Crippen molar-refractivity contribution in [3.05, 3.63) is 102 Å². The molecule has 1 heterocycles. The molecule has 0 unspecified atom stereocenters. The molecule has 0 radical (unpaired) electrons. The zero-order chi connectivity index (χ0) is 89.3. The van der Waals surface area contributed by atoms with Crippen LogP contribution in [0.2, 0.25) is 0 Å². The van der Waals surface area contributed by atoms with Crippen molar-refractivity contribution in [1.82, 2.24) is 84.7 Å². The molecule has 658 valence electrons. The Hall–Kier alpha value is -12.3. The number of nitrogens with one attached hydrogen (secondary N) is 15. The molecule has 0 aromatic heterocycles. The topological polar surface area (TPSA) is 636 Å². The average molecular weight is 1700 g/mol. The molecule has 42 heteroatoms. The minimum Gasteiger partial charge on any atom is -0.508 e. The SMILES string of the molecule is CC(C)C[C@H](NC(=O)[C@H](Cc1ccccc1)NC(=O)CNC(=O)CNC(=O)[C@H](Cc1ccc(O)cc1)NC(=O)CNC(=O)CNC(=O)[C@@H](NC(=O)[C@@H]1CCCN1C(=O)[C@H](CC(N)=O)NC(=O)CNC(=O)[C@@H](NC(=O)CNC(=O)[C@H](CCC(N)=O)NC(=O)[C@@H](NC(=O)[C@@H](N)Cc1ccccc1)[C@@H](C)O)C(C)C)C(C)C)C(=O)NCC(=O)OCCCS. The first-order valence-electron chi connectivity index (χ1n) is 39.0. The summed E-state index contributed by atoms with van der Waals surface area (Å²) in [7, 11) is 0. The van der Waals surface area contributed by atoms with E-state index in [2.05, 4.69) is 92.4 Å². The van der Waals surface area contributed by atoms with Gasteiger partial charge in [-0.15, -0.1) is 0 Å². The van der Waals surface area contributed by atoms with Crippen LogP contribution in [0.25, 0.3) is 0 Å². The second-order valence-corrected chi connectivity index (χ2v) is 30.0. The second-order valence-electron chi connectivity index (χ2n) is 29.5. The molecule has 0 bridgehead atoms. The number of nitrogens with zero attached hydrogens (tertiary/aromatic N) is 1. The molecule has 0 aliphatic carbocycles. The predicted octanol–water partition coefficient (Wildman–Crippen LogP) is -6.83. The Bertz CT molecular complexity index is 4050. The third-order valence-electron chi connectivity index (χ3n) is 18.3. The number of phenols is 1. The maximum Gasteiger partial charge on any atom is 0.325 e. The Morgan fingerprint density at radius 1 is 0.458 bits per heavy atom. The van der Waals surface area contributed by atoms with Crippen LogP contribution in [0, 0.1) is 17.8 Å². The van der Waals surface area contributed by atoms with E-state index in [1.807, 2.05) is 13.8 Å². The summed E-state index contributed by atoms with van der Waals surface area (Å²) in [4.78, 5) is 253. The number of thiol groups is 1. The highest BCUT2D eigenvalue weighted by molar-refractivity contribution is 7.80. The van der Waals surface area contributed by atoms with Crippen LogP contribution in [0.4, 0.5) is 0 Å². The molecule has 4 rings (SSSR count). The lowest BCUT2D eigenvalue weighted by Crippen LogP contribution is -2.59. The number of benzene rings is 3. The number of esters is 1. The number of phenolic OH excluding ortho intramolecular Hbond substituents is 1. The van der Waals surface area contributed by atoms with E-state index >= 15 is 0 Å². The number of likely N-dealkylation sites (tertiary alicyclic amines) is 1. The molecule has 18 amide bonds. The van der Waals surface area contributed by atoms with E-state index in [1.54, 1.807) is 74.5 Å². The summed E-state index contributed by atoms with van der Waals surface area (Å²) in [5, 5.41) is 56.6. The van der Waals surface area contributed by atoms with Gasteiger partial charge in [0.25, 0.3) is 0 Å². The normalized spacial score (nSPS) is 14.7. The van der Waals surface area contributed by atoms with Crippen molar-refractivity contribution in [3.63, 3.8) is 0 Å². The van der Waals surface area contributed by atoms with Gasteiger partial charge in [0.2, 0.25) is 106 Å². The lowest BCUT2D eigenvalue weighted by Gasteiger charge is -2.30. The van der Waals surface area contributed by atoms with Gasteiger partial charge in [0.1, 0.15) is 66.7 Å². The molecular formula is C78H113N19O22S. The van der Waals surface area contributed by atoms with E-state index in [0.717, 1.165) is 4.90 Å². The molecule has 0 spiro atoms. The number of nitrogens with two attached hydrogens (primary N) is 3. The summed E-state index contributed by atoms with van der Waals surface area (Å²) >= 11 is 4.07. The van der Waals surface area contributed by atoms with Crippen LogP contribution in [0.3, 0.4) is 0 Å². The van der Waals surface area contributed by atoms with Crippen LogP contribution in [-0.2, 0) is 115 Å².